The second-order valence-corrected chi connectivity index (χ2v) is 8.03. The first-order chi connectivity index (χ1) is 15.5. The Morgan fingerprint density at radius 2 is 1.88 bits per heavy atom. The van der Waals surface area contributed by atoms with Gasteiger partial charge >= 0.3 is 6.03 Å². The Balaban J connectivity index is 1.76. The van der Waals surface area contributed by atoms with Crippen LogP contribution in [0, 0.1) is 0 Å². The van der Waals surface area contributed by atoms with Crippen LogP contribution < -0.4 is 10.1 Å². The Hall–Kier alpha value is -3.32. The third-order valence-corrected chi connectivity index (χ3v) is 5.79. The van der Waals surface area contributed by atoms with Gasteiger partial charge in [-0.25, -0.2) is 4.79 Å². The van der Waals surface area contributed by atoms with E-state index < -0.39 is 6.04 Å². The first kappa shape index (κ1) is 21.9. The number of allylic oxidation sites excluding steroid dienone is 1. The quantitative estimate of drug-likeness (QED) is 0.497. The fraction of sp³-hybridized carbons (Fsp3) is 0.292. The van der Waals surface area contributed by atoms with Crippen molar-refractivity contribution >= 4 is 23.2 Å². The number of carbonyl (C=O) groups excluding carboxylic acids is 1. The lowest BCUT2D eigenvalue weighted by atomic mass is 9.94. The average molecular weight is 453 g/mol. The van der Waals surface area contributed by atoms with E-state index in [9.17, 15) is 4.79 Å². The lowest BCUT2D eigenvalue weighted by molar-refractivity contribution is 0.204. The molecule has 1 aliphatic rings. The summed E-state index contributed by atoms with van der Waals surface area (Å²) in [6.45, 7) is 4.63. The van der Waals surface area contributed by atoms with Crippen LogP contribution in [0.25, 0.3) is 17.0 Å². The summed E-state index contributed by atoms with van der Waals surface area (Å²) in [4.78, 5) is 19.3. The van der Waals surface area contributed by atoms with Gasteiger partial charge < -0.3 is 14.6 Å². The molecule has 1 N–H and O–H groups in total. The van der Waals surface area contributed by atoms with E-state index >= 15 is 0 Å². The molecule has 0 aliphatic carbocycles. The number of halogens is 1. The maximum atomic E-state index is 12.9. The molecule has 0 saturated heterocycles. The van der Waals surface area contributed by atoms with Crippen LogP contribution in [0.4, 0.5) is 4.79 Å². The molecule has 166 valence electrons. The minimum Gasteiger partial charge on any atom is -0.497 e. The molecule has 3 aromatic rings. The molecule has 0 fully saturated rings. The van der Waals surface area contributed by atoms with E-state index in [1.807, 2.05) is 43.3 Å². The summed E-state index contributed by atoms with van der Waals surface area (Å²) in [6, 6.07) is 14.3. The van der Waals surface area contributed by atoms with Crippen molar-refractivity contribution < 1.29 is 14.1 Å². The zero-order valence-corrected chi connectivity index (χ0v) is 19.0. The molecule has 2 heterocycles. The van der Waals surface area contributed by atoms with Gasteiger partial charge in [-0.2, -0.15) is 4.98 Å². The van der Waals surface area contributed by atoms with E-state index in [1.54, 1.807) is 24.1 Å². The number of nitrogens with zero attached hydrogens (tertiary/aromatic N) is 3. The highest BCUT2D eigenvalue weighted by Crippen LogP contribution is 2.37. The molecule has 2 aromatic carbocycles. The van der Waals surface area contributed by atoms with Crippen LogP contribution in [0.5, 0.6) is 5.75 Å². The van der Waals surface area contributed by atoms with Crippen LogP contribution >= 0.6 is 11.6 Å². The summed E-state index contributed by atoms with van der Waals surface area (Å²) in [7, 11) is 1.62. The number of urea groups is 1. The van der Waals surface area contributed by atoms with E-state index in [2.05, 4.69) is 22.4 Å². The first-order valence-corrected chi connectivity index (χ1v) is 10.9. The summed E-state index contributed by atoms with van der Waals surface area (Å²) < 4.78 is 10.9. The average Bonchev–Trinajstić information content (AvgIpc) is 3.29. The van der Waals surface area contributed by atoms with E-state index in [-0.39, 0.29) is 6.03 Å². The summed E-state index contributed by atoms with van der Waals surface area (Å²) in [6.07, 6.45) is 1.87. The van der Waals surface area contributed by atoms with Gasteiger partial charge in [0.05, 0.1) is 18.7 Å². The normalized spacial score (nSPS) is 16.3. The first-order valence-electron chi connectivity index (χ1n) is 10.5. The van der Waals surface area contributed by atoms with E-state index in [4.69, 9.17) is 20.9 Å². The van der Waals surface area contributed by atoms with Crippen molar-refractivity contribution in [2.75, 3.05) is 13.7 Å². The number of amides is 2. The molecule has 0 saturated carbocycles. The van der Waals surface area contributed by atoms with Gasteiger partial charge in [0.2, 0.25) is 5.82 Å². The van der Waals surface area contributed by atoms with Crippen molar-refractivity contribution in [2.24, 2.45) is 0 Å². The summed E-state index contributed by atoms with van der Waals surface area (Å²) >= 11 is 6.08. The smallest absolute Gasteiger partial charge is 0.322 e. The minimum absolute atomic E-state index is 0.144. The van der Waals surface area contributed by atoms with Crippen LogP contribution in [0.15, 0.2) is 58.8 Å². The minimum atomic E-state index is -0.429. The maximum Gasteiger partial charge on any atom is 0.322 e. The number of rotatable bonds is 7. The largest absolute Gasteiger partial charge is 0.497 e. The van der Waals surface area contributed by atoms with Gasteiger partial charge in [0.15, 0.2) is 0 Å². The van der Waals surface area contributed by atoms with Crippen molar-refractivity contribution in [3.05, 3.63) is 70.7 Å². The van der Waals surface area contributed by atoms with Crippen molar-refractivity contribution in [1.82, 2.24) is 20.4 Å². The van der Waals surface area contributed by atoms with Crippen molar-refractivity contribution in [3.63, 3.8) is 0 Å². The number of nitrogens with one attached hydrogen (secondary N) is 1. The summed E-state index contributed by atoms with van der Waals surface area (Å²) in [5.41, 5.74) is 3.27. The molecule has 1 aliphatic heterocycles. The van der Waals surface area contributed by atoms with Crippen molar-refractivity contribution in [3.8, 4) is 17.1 Å². The van der Waals surface area contributed by atoms with Crippen molar-refractivity contribution in [1.29, 1.82) is 0 Å². The van der Waals surface area contributed by atoms with Gasteiger partial charge in [-0.15, -0.1) is 0 Å². The molecule has 1 aromatic heterocycles. The molecule has 1 atom stereocenters. The van der Waals surface area contributed by atoms with Gasteiger partial charge in [-0.1, -0.05) is 42.2 Å². The topological polar surface area (TPSA) is 80.5 Å². The van der Waals surface area contributed by atoms with Crippen LogP contribution in [0.1, 0.15) is 44.2 Å². The number of hydrogen-bond acceptors (Lipinski definition) is 5. The highest BCUT2D eigenvalue weighted by molar-refractivity contribution is 6.30. The Labute approximate surface area is 192 Å². The standard InChI is InChI=1S/C24H25ClN4O3/c1-4-5-14-29-15(2)20(21(26-24(29)30)16-6-10-18(25)11-7-16)23-27-22(28-32-23)17-8-12-19(31-3)13-9-17/h6-13,21H,4-5,14H2,1-3H3,(H,26,30). The van der Waals surface area contributed by atoms with Crippen LogP contribution in [0.2, 0.25) is 5.02 Å². The van der Waals surface area contributed by atoms with Crippen LogP contribution in [-0.2, 0) is 0 Å². The van der Waals surface area contributed by atoms with Crippen LogP contribution in [0.3, 0.4) is 0 Å². The fourth-order valence-corrected chi connectivity index (χ4v) is 3.87. The highest BCUT2D eigenvalue weighted by atomic mass is 35.5. The maximum absolute atomic E-state index is 12.9. The second kappa shape index (κ2) is 9.44. The molecule has 32 heavy (non-hydrogen) atoms. The van der Waals surface area contributed by atoms with Crippen molar-refractivity contribution in [2.45, 2.75) is 32.7 Å². The molecule has 0 radical (unpaired) electrons. The van der Waals surface area contributed by atoms with Gasteiger partial charge in [-0.3, -0.25) is 4.90 Å². The van der Waals surface area contributed by atoms with E-state index in [1.165, 1.54) is 0 Å². The zero-order valence-electron chi connectivity index (χ0n) is 18.3. The summed E-state index contributed by atoms with van der Waals surface area (Å²) in [5.74, 6) is 1.59. The SMILES string of the molecule is CCCCN1C(=O)NC(c2ccc(Cl)cc2)C(c2nc(-c3ccc(OC)cc3)no2)=C1C. The third-order valence-electron chi connectivity index (χ3n) is 5.54. The Morgan fingerprint density at radius 1 is 1.16 bits per heavy atom. The lowest BCUT2D eigenvalue weighted by Gasteiger charge is -2.35. The third kappa shape index (κ3) is 4.34. The number of ether oxygens (including phenoxy) is 1. The molecule has 2 amide bonds. The predicted molar refractivity (Wildman–Crippen MR) is 123 cm³/mol. The molecule has 0 bridgehead atoms. The number of benzene rings is 2. The Bertz CT molecular complexity index is 1120. The number of unbranched alkanes of at least 4 members (excludes halogenated alkanes) is 1. The molecular weight excluding hydrogens is 428 g/mol. The zero-order chi connectivity index (χ0) is 22.7. The molecule has 1 unspecified atom stereocenters. The monoisotopic (exact) mass is 452 g/mol. The molecular formula is C24H25ClN4O3. The van der Waals surface area contributed by atoms with Crippen LogP contribution in [-0.4, -0.2) is 34.7 Å². The highest BCUT2D eigenvalue weighted by Gasteiger charge is 2.35. The number of methoxy groups -OCH3 is 1. The van der Waals surface area contributed by atoms with E-state index in [0.717, 1.165) is 41.0 Å². The van der Waals surface area contributed by atoms with Gasteiger partial charge in [0, 0.05) is 22.8 Å². The van der Waals surface area contributed by atoms with Gasteiger partial charge in [0.25, 0.3) is 5.89 Å². The summed E-state index contributed by atoms with van der Waals surface area (Å²) in [5, 5.41) is 7.91. The number of aromatic nitrogens is 2. The Morgan fingerprint density at radius 3 is 2.53 bits per heavy atom. The van der Waals surface area contributed by atoms with Gasteiger partial charge in [-0.05, 0) is 55.3 Å². The molecule has 8 heteroatoms. The fourth-order valence-electron chi connectivity index (χ4n) is 3.74. The number of hydrogen-bond donors (Lipinski definition) is 1. The molecule has 4 rings (SSSR count). The number of carbonyl (C=O) groups is 1. The predicted octanol–water partition coefficient (Wildman–Crippen LogP) is 5.70. The van der Waals surface area contributed by atoms with E-state index in [0.29, 0.717) is 23.3 Å². The second-order valence-electron chi connectivity index (χ2n) is 7.59. The Kier molecular flexibility index (Phi) is 6.46. The molecule has 0 spiro atoms. The lowest BCUT2D eigenvalue weighted by Crippen LogP contribution is -2.46. The van der Waals surface area contributed by atoms with Gasteiger partial charge in [0.1, 0.15) is 5.75 Å². The molecule has 7 nitrogen and oxygen atoms in total.